The summed E-state index contributed by atoms with van der Waals surface area (Å²) in [6.07, 6.45) is -4.92. The van der Waals surface area contributed by atoms with Crippen molar-refractivity contribution >= 4 is 16.7 Å². The molecule has 0 aromatic heterocycles. The van der Waals surface area contributed by atoms with E-state index in [-0.39, 0.29) is 10.9 Å². The molecular formula is C13H9F3O2. The predicted octanol–water partition coefficient (Wildman–Crippen LogP) is 3.49. The van der Waals surface area contributed by atoms with E-state index in [1.165, 1.54) is 24.3 Å². The number of halogens is 3. The summed E-state index contributed by atoms with van der Waals surface area (Å²) < 4.78 is 38.7. The predicted molar refractivity (Wildman–Crippen MR) is 60.3 cm³/mol. The van der Waals surface area contributed by atoms with Crippen molar-refractivity contribution in [3.63, 3.8) is 0 Å². The topological polar surface area (TPSA) is 37.3 Å². The molecule has 0 fully saturated rings. The maximum Gasteiger partial charge on any atom is 0.417 e. The Labute approximate surface area is 101 Å². The molecule has 0 heterocycles. The summed E-state index contributed by atoms with van der Waals surface area (Å²) in [6.45, 7) is 0. The van der Waals surface area contributed by atoms with Crippen molar-refractivity contribution in [2.75, 3.05) is 0 Å². The van der Waals surface area contributed by atoms with E-state index < -0.39 is 24.1 Å². The van der Waals surface area contributed by atoms with Gasteiger partial charge in [-0.25, -0.2) is 0 Å². The molecule has 0 radical (unpaired) electrons. The first-order valence-corrected chi connectivity index (χ1v) is 5.19. The van der Waals surface area contributed by atoms with Gasteiger partial charge in [0.05, 0.1) is 12.0 Å². The molecule has 0 amide bonds. The largest absolute Gasteiger partial charge is 0.481 e. The van der Waals surface area contributed by atoms with Crippen LogP contribution in [0, 0.1) is 0 Å². The molecule has 0 bridgehead atoms. The summed E-state index contributed by atoms with van der Waals surface area (Å²) >= 11 is 0. The van der Waals surface area contributed by atoms with E-state index in [1.807, 2.05) is 0 Å². The molecule has 5 heteroatoms. The lowest BCUT2D eigenvalue weighted by molar-refractivity contribution is -0.137. The average molecular weight is 254 g/mol. The number of alkyl halides is 3. The lowest BCUT2D eigenvalue weighted by atomic mass is 9.97. The Kier molecular flexibility index (Phi) is 2.98. The number of carboxylic acids is 1. The highest BCUT2D eigenvalue weighted by atomic mass is 19.4. The highest BCUT2D eigenvalue weighted by Crippen LogP contribution is 2.36. The second kappa shape index (κ2) is 4.33. The molecule has 2 rings (SSSR count). The molecule has 2 aromatic rings. The Morgan fingerprint density at radius 2 is 1.72 bits per heavy atom. The summed E-state index contributed by atoms with van der Waals surface area (Å²) in [4.78, 5) is 10.7. The lowest BCUT2D eigenvalue weighted by Gasteiger charge is -2.13. The van der Waals surface area contributed by atoms with Crippen LogP contribution in [0.15, 0.2) is 36.4 Å². The molecule has 18 heavy (non-hydrogen) atoms. The fraction of sp³-hybridized carbons (Fsp3) is 0.154. The van der Waals surface area contributed by atoms with Crippen molar-refractivity contribution in [2.24, 2.45) is 0 Å². The molecule has 0 aliphatic heterocycles. The normalized spacial score (nSPS) is 11.7. The average Bonchev–Trinajstić information content (AvgIpc) is 2.26. The fourth-order valence-electron chi connectivity index (χ4n) is 1.97. The molecule has 0 aliphatic rings. The van der Waals surface area contributed by atoms with Gasteiger partial charge in [-0.3, -0.25) is 4.79 Å². The number of hydrogen-bond acceptors (Lipinski definition) is 1. The van der Waals surface area contributed by atoms with Crippen molar-refractivity contribution in [1.29, 1.82) is 0 Å². The third kappa shape index (κ3) is 2.30. The van der Waals surface area contributed by atoms with E-state index in [0.717, 1.165) is 6.07 Å². The van der Waals surface area contributed by atoms with Gasteiger partial charge in [0.25, 0.3) is 0 Å². The maximum absolute atomic E-state index is 12.9. The number of benzene rings is 2. The fourth-order valence-corrected chi connectivity index (χ4v) is 1.97. The first-order chi connectivity index (χ1) is 8.39. The smallest absolute Gasteiger partial charge is 0.417 e. The Bertz CT molecular complexity index is 597. The molecule has 0 unspecified atom stereocenters. The van der Waals surface area contributed by atoms with Crippen molar-refractivity contribution in [3.8, 4) is 0 Å². The summed E-state index contributed by atoms with van der Waals surface area (Å²) in [5.74, 6) is -1.15. The van der Waals surface area contributed by atoms with E-state index in [2.05, 4.69) is 0 Å². The molecule has 2 nitrogen and oxygen atoms in total. The van der Waals surface area contributed by atoms with Crippen LogP contribution in [0.25, 0.3) is 10.8 Å². The minimum absolute atomic E-state index is 0.0325. The Morgan fingerprint density at radius 3 is 2.28 bits per heavy atom. The standard InChI is InChI=1S/C13H9F3O2/c14-13(15,16)10-6-2-4-8-3-1-5-9(12(8)10)7-11(17)18/h1-6H,7H2,(H,17,18). The van der Waals surface area contributed by atoms with Gasteiger partial charge in [0.1, 0.15) is 0 Å². The molecule has 0 spiro atoms. The van der Waals surface area contributed by atoms with Gasteiger partial charge in [0.2, 0.25) is 0 Å². The molecule has 0 atom stereocenters. The number of carbonyl (C=O) groups is 1. The summed E-state index contributed by atoms with van der Waals surface area (Å²) in [6, 6.07) is 8.32. The van der Waals surface area contributed by atoms with Crippen LogP contribution < -0.4 is 0 Å². The summed E-state index contributed by atoms with van der Waals surface area (Å²) in [5, 5.41) is 9.10. The number of rotatable bonds is 2. The third-order valence-electron chi connectivity index (χ3n) is 2.64. The van der Waals surface area contributed by atoms with Crippen molar-refractivity contribution in [3.05, 3.63) is 47.5 Å². The van der Waals surface area contributed by atoms with E-state index in [9.17, 15) is 18.0 Å². The van der Waals surface area contributed by atoms with Gasteiger partial charge in [-0.1, -0.05) is 30.3 Å². The van der Waals surface area contributed by atoms with Gasteiger partial charge in [-0.15, -0.1) is 0 Å². The highest BCUT2D eigenvalue weighted by Gasteiger charge is 2.33. The van der Waals surface area contributed by atoms with Crippen LogP contribution >= 0.6 is 0 Å². The van der Waals surface area contributed by atoms with Crippen molar-refractivity contribution < 1.29 is 23.1 Å². The highest BCUT2D eigenvalue weighted by molar-refractivity contribution is 5.91. The van der Waals surface area contributed by atoms with E-state index >= 15 is 0 Å². The van der Waals surface area contributed by atoms with Crippen molar-refractivity contribution in [2.45, 2.75) is 12.6 Å². The van der Waals surface area contributed by atoms with E-state index in [0.29, 0.717) is 5.39 Å². The molecule has 1 N–H and O–H groups in total. The van der Waals surface area contributed by atoms with Gasteiger partial charge in [-0.05, 0) is 22.4 Å². The number of carboxylic acid groups (broad SMARTS) is 1. The van der Waals surface area contributed by atoms with Crippen LogP contribution in [0.5, 0.6) is 0 Å². The quantitative estimate of drug-likeness (QED) is 0.890. The van der Waals surface area contributed by atoms with Crippen LogP contribution in [0.4, 0.5) is 13.2 Å². The van der Waals surface area contributed by atoms with Crippen LogP contribution in [0.1, 0.15) is 11.1 Å². The Hall–Kier alpha value is -2.04. The van der Waals surface area contributed by atoms with Crippen molar-refractivity contribution in [1.82, 2.24) is 0 Å². The van der Waals surface area contributed by atoms with Gasteiger partial charge in [-0.2, -0.15) is 13.2 Å². The molecule has 0 saturated carbocycles. The van der Waals surface area contributed by atoms with Gasteiger partial charge in [0, 0.05) is 0 Å². The minimum Gasteiger partial charge on any atom is -0.481 e. The number of fused-ring (bicyclic) bond motifs is 1. The van der Waals surface area contributed by atoms with Crippen LogP contribution in [0.2, 0.25) is 0 Å². The first-order valence-electron chi connectivity index (χ1n) is 5.19. The zero-order valence-electron chi connectivity index (χ0n) is 9.16. The van der Waals surface area contributed by atoms with Gasteiger partial charge >= 0.3 is 12.1 Å². The first kappa shape index (κ1) is 12.4. The Balaban J connectivity index is 2.76. The van der Waals surface area contributed by atoms with E-state index in [1.54, 1.807) is 6.07 Å². The zero-order valence-corrected chi connectivity index (χ0v) is 9.16. The lowest BCUT2D eigenvalue weighted by Crippen LogP contribution is -2.08. The van der Waals surface area contributed by atoms with Crippen LogP contribution in [0.3, 0.4) is 0 Å². The summed E-state index contributed by atoms with van der Waals surface area (Å²) in [7, 11) is 0. The molecule has 94 valence electrons. The molecule has 2 aromatic carbocycles. The third-order valence-corrected chi connectivity index (χ3v) is 2.64. The number of hydrogen-bond donors (Lipinski definition) is 1. The van der Waals surface area contributed by atoms with E-state index in [4.69, 9.17) is 5.11 Å². The Morgan fingerprint density at radius 1 is 1.11 bits per heavy atom. The second-order valence-corrected chi connectivity index (χ2v) is 3.89. The SMILES string of the molecule is O=C(O)Cc1cccc2cccc(C(F)(F)F)c12. The van der Waals surface area contributed by atoms with Crippen LogP contribution in [-0.4, -0.2) is 11.1 Å². The molecule has 0 aliphatic carbocycles. The molecular weight excluding hydrogens is 245 g/mol. The minimum atomic E-state index is -4.49. The number of aliphatic carboxylic acids is 1. The van der Waals surface area contributed by atoms with Gasteiger partial charge < -0.3 is 5.11 Å². The monoisotopic (exact) mass is 254 g/mol. The molecule has 0 saturated heterocycles. The van der Waals surface area contributed by atoms with Crippen LogP contribution in [-0.2, 0) is 17.4 Å². The summed E-state index contributed by atoms with van der Waals surface area (Å²) in [5.41, 5.74) is -0.621. The zero-order chi connectivity index (χ0) is 13.3. The van der Waals surface area contributed by atoms with Gasteiger partial charge in [0.15, 0.2) is 0 Å². The second-order valence-electron chi connectivity index (χ2n) is 3.89. The maximum atomic E-state index is 12.9.